The van der Waals surface area contributed by atoms with Crippen LogP contribution in [0.15, 0.2) is 42.0 Å². The zero-order valence-electron chi connectivity index (χ0n) is 10.9. The number of aliphatic hydroxyl groups is 1. The standard InChI is InChI=1S/C15H20O3/c1-3-5-9-12(4-2)15(18,14(16)17)13-10-7-6-8-11-13/h4,6-8,10-11,18H,3,5,9H2,1-2H3,(H,16,17)/b12-4+. The predicted molar refractivity (Wildman–Crippen MR) is 71.3 cm³/mol. The van der Waals surface area contributed by atoms with Gasteiger partial charge in [0, 0.05) is 0 Å². The van der Waals surface area contributed by atoms with Gasteiger partial charge in [-0.05, 0) is 30.9 Å². The quantitative estimate of drug-likeness (QED) is 0.760. The molecule has 2 N–H and O–H groups in total. The molecule has 1 unspecified atom stereocenters. The summed E-state index contributed by atoms with van der Waals surface area (Å²) < 4.78 is 0. The molecule has 1 atom stereocenters. The van der Waals surface area contributed by atoms with Crippen LogP contribution in [-0.2, 0) is 10.4 Å². The Morgan fingerprint density at radius 3 is 2.39 bits per heavy atom. The highest BCUT2D eigenvalue weighted by molar-refractivity contribution is 5.83. The van der Waals surface area contributed by atoms with E-state index < -0.39 is 11.6 Å². The topological polar surface area (TPSA) is 57.5 Å². The van der Waals surface area contributed by atoms with Gasteiger partial charge in [-0.2, -0.15) is 0 Å². The van der Waals surface area contributed by atoms with Crippen molar-refractivity contribution in [3.8, 4) is 0 Å². The Bertz CT molecular complexity index is 423. The fraction of sp³-hybridized carbons (Fsp3) is 0.400. The maximum absolute atomic E-state index is 11.5. The van der Waals surface area contributed by atoms with Crippen LogP contribution in [0.4, 0.5) is 0 Å². The van der Waals surface area contributed by atoms with Gasteiger partial charge in [0.15, 0.2) is 0 Å². The average Bonchev–Trinajstić information content (AvgIpc) is 2.40. The molecule has 0 saturated heterocycles. The minimum Gasteiger partial charge on any atom is -0.479 e. The Labute approximate surface area is 108 Å². The van der Waals surface area contributed by atoms with E-state index in [1.807, 2.05) is 6.92 Å². The summed E-state index contributed by atoms with van der Waals surface area (Å²) in [6.45, 7) is 3.80. The van der Waals surface area contributed by atoms with Crippen molar-refractivity contribution in [1.82, 2.24) is 0 Å². The van der Waals surface area contributed by atoms with Crippen LogP contribution in [-0.4, -0.2) is 16.2 Å². The number of hydrogen-bond donors (Lipinski definition) is 2. The molecule has 0 radical (unpaired) electrons. The van der Waals surface area contributed by atoms with Gasteiger partial charge in [-0.3, -0.25) is 0 Å². The summed E-state index contributed by atoms with van der Waals surface area (Å²) in [7, 11) is 0. The lowest BCUT2D eigenvalue weighted by atomic mass is 9.83. The van der Waals surface area contributed by atoms with E-state index >= 15 is 0 Å². The van der Waals surface area contributed by atoms with Crippen LogP contribution in [0.25, 0.3) is 0 Å². The zero-order chi connectivity index (χ0) is 13.6. The first kappa shape index (κ1) is 14.5. The molecule has 0 aliphatic carbocycles. The molecule has 0 aliphatic rings. The Hall–Kier alpha value is -1.61. The first-order valence-electron chi connectivity index (χ1n) is 6.24. The number of benzene rings is 1. The van der Waals surface area contributed by atoms with E-state index in [1.54, 1.807) is 43.3 Å². The largest absolute Gasteiger partial charge is 0.479 e. The lowest BCUT2D eigenvalue weighted by Gasteiger charge is -2.27. The Balaban J connectivity index is 3.19. The number of unbranched alkanes of at least 4 members (excludes halogenated alkanes) is 1. The third kappa shape index (κ3) is 2.79. The maximum atomic E-state index is 11.5. The van der Waals surface area contributed by atoms with Crippen LogP contribution >= 0.6 is 0 Å². The molecule has 1 aromatic carbocycles. The molecule has 0 saturated carbocycles. The van der Waals surface area contributed by atoms with E-state index in [2.05, 4.69) is 0 Å². The lowest BCUT2D eigenvalue weighted by molar-refractivity contribution is -0.155. The number of carboxylic acids is 1. The second-order valence-corrected chi connectivity index (χ2v) is 4.30. The number of carbonyl (C=O) groups is 1. The summed E-state index contributed by atoms with van der Waals surface area (Å²) in [4.78, 5) is 11.5. The van der Waals surface area contributed by atoms with Gasteiger partial charge in [0.2, 0.25) is 5.60 Å². The van der Waals surface area contributed by atoms with Crippen molar-refractivity contribution >= 4 is 5.97 Å². The van der Waals surface area contributed by atoms with Gasteiger partial charge in [-0.1, -0.05) is 49.8 Å². The Morgan fingerprint density at radius 1 is 1.33 bits per heavy atom. The van der Waals surface area contributed by atoms with Crippen LogP contribution in [0, 0.1) is 0 Å². The molecule has 0 spiro atoms. The summed E-state index contributed by atoms with van der Waals surface area (Å²) >= 11 is 0. The summed E-state index contributed by atoms with van der Waals surface area (Å²) in [5, 5.41) is 20.0. The van der Waals surface area contributed by atoms with Gasteiger partial charge >= 0.3 is 5.97 Å². The fourth-order valence-electron chi connectivity index (χ4n) is 2.03. The first-order valence-corrected chi connectivity index (χ1v) is 6.24. The predicted octanol–water partition coefficient (Wildman–Crippen LogP) is 3.10. The lowest BCUT2D eigenvalue weighted by Crippen LogP contribution is -2.37. The molecule has 1 rings (SSSR count). The molecule has 0 bridgehead atoms. The molecule has 3 nitrogen and oxygen atoms in total. The molecule has 0 heterocycles. The Morgan fingerprint density at radius 2 is 1.94 bits per heavy atom. The molecule has 0 aromatic heterocycles. The van der Waals surface area contributed by atoms with Crippen molar-refractivity contribution in [1.29, 1.82) is 0 Å². The maximum Gasteiger partial charge on any atom is 0.344 e. The van der Waals surface area contributed by atoms with Crippen molar-refractivity contribution in [2.45, 2.75) is 38.7 Å². The number of allylic oxidation sites excluding steroid dienone is 1. The van der Waals surface area contributed by atoms with Crippen LogP contribution in [0.5, 0.6) is 0 Å². The third-order valence-electron chi connectivity index (χ3n) is 3.11. The SMILES string of the molecule is C/C=C(\CCCC)C(O)(C(=O)O)c1ccccc1. The van der Waals surface area contributed by atoms with Crippen LogP contribution in [0.1, 0.15) is 38.7 Å². The van der Waals surface area contributed by atoms with Gasteiger partial charge < -0.3 is 10.2 Å². The van der Waals surface area contributed by atoms with Gasteiger partial charge in [0.05, 0.1) is 0 Å². The number of rotatable bonds is 6. The smallest absolute Gasteiger partial charge is 0.344 e. The average molecular weight is 248 g/mol. The molecule has 0 amide bonds. The van der Waals surface area contributed by atoms with Crippen molar-refractivity contribution in [2.24, 2.45) is 0 Å². The van der Waals surface area contributed by atoms with E-state index in [9.17, 15) is 15.0 Å². The summed E-state index contributed by atoms with van der Waals surface area (Å²) in [5.41, 5.74) is -0.963. The van der Waals surface area contributed by atoms with Crippen LogP contribution in [0.3, 0.4) is 0 Å². The van der Waals surface area contributed by atoms with E-state index in [-0.39, 0.29) is 0 Å². The fourth-order valence-corrected chi connectivity index (χ4v) is 2.03. The normalized spacial score (nSPS) is 15.2. The van der Waals surface area contributed by atoms with E-state index in [4.69, 9.17) is 0 Å². The summed E-state index contributed by atoms with van der Waals surface area (Å²) in [6, 6.07) is 8.55. The second kappa shape index (κ2) is 6.36. The molecule has 0 aliphatic heterocycles. The van der Waals surface area contributed by atoms with Crippen molar-refractivity contribution in [3.05, 3.63) is 47.5 Å². The highest BCUT2D eigenvalue weighted by atomic mass is 16.4. The monoisotopic (exact) mass is 248 g/mol. The Kier molecular flexibility index (Phi) is 5.10. The second-order valence-electron chi connectivity index (χ2n) is 4.30. The highest BCUT2D eigenvalue weighted by Gasteiger charge is 2.40. The molecule has 18 heavy (non-hydrogen) atoms. The highest BCUT2D eigenvalue weighted by Crippen LogP contribution is 2.33. The summed E-state index contributed by atoms with van der Waals surface area (Å²) in [5.74, 6) is -1.22. The van der Waals surface area contributed by atoms with Crippen molar-refractivity contribution in [3.63, 3.8) is 0 Å². The minimum atomic E-state index is -1.91. The first-order chi connectivity index (χ1) is 8.57. The van der Waals surface area contributed by atoms with E-state index in [0.29, 0.717) is 17.6 Å². The molecular weight excluding hydrogens is 228 g/mol. The van der Waals surface area contributed by atoms with Crippen LogP contribution in [0.2, 0.25) is 0 Å². The van der Waals surface area contributed by atoms with Gasteiger partial charge in [0.1, 0.15) is 0 Å². The molecule has 98 valence electrons. The molecule has 0 fully saturated rings. The van der Waals surface area contributed by atoms with Gasteiger partial charge in [0.25, 0.3) is 0 Å². The molecule has 3 heteroatoms. The zero-order valence-corrected chi connectivity index (χ0v) is 10.9. The van der Waals surface area contributed by atoms with E-state index in [0.717, 1.165) is 12.8 Å². The van der Waals surface area contributed by atoms with Crippen LogP contribution < -0.4 is 0 Å². The third-order valence-corrected chi connectivity index (χ3v) is 3.11. The molecular formula is C15H20O3. The number of aliphatic carboxylic acids is 1. The van der Waals surface area contributed by atoms with Crippen molar-refractivity contribution in [2.75, 3.05) is 0 Å². The van der Waals surface area contributed by atoms with Gasteiger partial charge in [-0.25, -0.2) is 4.79 Å². The molecule has 1 aromatic rings. The van der Waals surface area contributed by atoms with E-state index in [1.165, 1.54) is 0 Å². The minimum absolute atomic E-state index is 0.404. The van der Waals surface area contributed by atoms with Gasteiger partial charge in [-0.15, -0.1) is 0 Å². The number of hydrogen-bond acceptors (Lipinski definition) is 2. The summed E-state index contributed by atoms with van der Waals surface area (Å²) in [6.07, 6.45) is 4.12. The van der Waals surface area contributed by atoms with Crippen molar-refractivity contribution < 1.29 is 15.0 Å². The number of carboxylic acid groups (broad SMARTS) is 1.